The smallest absolute Gasteiger partial charge is 0.121 e. The van der Waals surface area contributed by atoms with Gasteiger partial charge in [0.05, 0.1) is 0 Å². The number of hydrogen-bond acceptors (Lipinski definition) is 4. The zero-order valence-electron chi connectivity index (χ0n) is 9.91. The minimum Gasteiger partial charge on any atom is -0.375 e. The van der Waals surface area contributed by atoms with Gasteiger partial charge in [0, 0.05) is 24.7 Å². The van der Waals surface area contributed by atoms with Crippen LogP contribution in [0.3, 0.4) is 0 Å². The molecule has 3 nitrogen and oxygen atoms in total. The number of ether oxygens (including phenoxy) is 1. The first kappa shape index (κ1) is 12.6. The molecule has 0 aromatic carbocycles. The standard InChI is InChI=1S/C11H20N2OS/c1-8(2)5-12-6-10-7-13-11(15-10)9(3)14-4/h7-9,12H,5-6H2,1-4H3. The van der Waals surface area contributed by atoms with Gasteiger partial charge in [0.15, 0.2) is 0 Å². The van der Waals surface area contributed by atoms with Gasteiger partial charge >= 0.3 is 0 Å². The van der Waals surface area contributed by atoms with Crippen LogP contribution in [0.2, 0.25) is 0 Å². The second-order valence-corrected chi connectivity index (χ2v) is 5.21. The van der Waals surface area contributed by atoms with Crippen molar-refractivity contribution < 1.29 is 4.74 Å². The molecule has 0 aliphatic heterocycles. The summed E-state index contributed by atoms with van der Waals surface area (Å²) in [7, 11) is 1.71. The maximum Gasteiger partial charge on any atom is 0.121 e. The van der Waals surface area contributed by atoms with Crippen LogP contribution in [-0.4, -0.2) is 18.6 Å². The lowest BCUT2D eigenvalue weighted by Crippen LogP contribution is -2.18. The number of nitrogens with zero attached hydrogens (tertiary/aromatic N) is 1. The summed E-state index contributed by atoms with van der Waals surface area (Å²) in [6, 6.07) is 0. The Bertz CT molecular complexity index is 286. The molecule has 1 unspecified atom stereocenters. The lowest BCUT2D eigenvalue weighted by molar-refractivity contribution is 0.119. The van der Waals surface area contributed by atoms with Crippen LogP contribution >= 0.6 is 11.3 Å². The van der Waals surface area contributed by atoms with Crippen molar-refractivity contribution in [3.05, 3.63) is 16.1 Å². The van der Waals surface area contributed by atoms with Crippen LogP contribution in [-0.2, 0) is 11.3 Å². The Morgan fingerprint density at radius 1 is 1.47 bits per heavy atom. The van der Waals surface area contributed by atoms with Crippen molar-refractivity contribution in [3.8, 4) is 0 Å². The highest BCUT2D eigenvalue weighted by molar-refractivity contribution is 7.11. The zero-order chi connectivity index (χ0) is 11.3. The van der Waals surface area contributed by atoms with E-state index in [1.165, 1.54) is 4.88 Å². The molecule has 0 bridgehead atoms. The third-order valence-corrected chi connectivity index (χ3v) is 3.28. The molecule has 1 heterocycles. The van der Waals surface area contributed by atoms with E-state index >= 15 is 0 Å². The van der Waals surface area contributed by atoms with Crippen LogP contribution in [0.25, 0.3) is 0 Å². The molecule has 0 radical (unpaired) electrons. The molecule has 0 amide bonds. The maximum absolute atomic E-state index is 5.22. The largest absolute Gasteiger partial charge is 0.375 e. The summed E-state index contributed by atoms with van der Waals surface area (Å²) in [6.45, 7) is 8.39. The number of nitrogens with one attached hydrogen (secondary N) is 1. The van der Waals surface area contributed by atoms with Gasteiger partial charge in [-0.15, -0.1) is 11.3 Å². The van der Waals surface area contributed by atoms with Gasteiger partial charge in [-0.25, -0.2) is 4.98 Å². The first-order chi connectivity index (χ1) is 7.13. The zero-order valence-corrected chi connectivity index (χ0v) is 10.7. The summed E-state index contributed by atoms with van der Waals surface area (Å²) in [5, 5.41) is 4.46. The van der Waals surface area contributed by atoms with E-state index in [0.717, 1.165) is 18.1 Å². The fourth-order valence-electron chi connectivity index (χ4n) is 1.18. The van der Waals surface area contributed by atoms with Gasteiger partial charge in [0.1, 0.15) is 11.1 Å². The van der Waals surface area contributed by atoms with E-state index in [1.807, 2.05) is 13.1 Å². The summed E-state index contributed by atoms with van der Waals surface area (Å²) in [5.74, 6) is 0.690. The molecule has 86 valence electrons. The summed E-state index contributed by atoms with van der Waals surface area (Å²) >= 11 is 1.72. The Morgan fingerprint density at radius 2 is 2.20 bits per heavy atom. The Morgan fingerprint density at radius 3 is 2.80 bits per heavy atom. The van der Waals surface area contributed by atoms with E-state index in [0.29, 0.717) is 5.92 Å². The minimum absolute atomic E-state index is 0.105. The molecule has 1 aromatic heterocycles. The predicted octanol–water partition coefficient (Wildman–Crippen LogP) is 2.60. The van der Waals surface area contributed by atoms with Crippen molar-refractivity contribution in [2.45, 2.75) is 33.4 Å². The normalized spacial score (nSPS) is 13.4. The number of rotatable bonds is 6. The van der Waals surface area contributed by atoms with Crippen LogP contribution in [0, 0.1) is 5.92 Å². The molecule has 0 spiro atoms. The average molecular weight is 228 g/mol. The minimum atomic E-state index is 0.105. The van der Waals surface area contributed by atoms with Crippen molar-refractivity contribution in [1.82, 2.24) is 10.3 Å². The highest BCUT2D eigenvalue weighted by Gasteiger charge is 2.08. The van der Waals surface area contributed by atoms with Crippen LogP contribution in [0.4, 0.5) is 0 Å². The maximum atomic E-state index is 5.22. The SMILES string of the molecule is COC(C)c1ncc(CNCC(C)C)s1. The molecular weight excluding hydrogens is 208 g/mol. The molecule has 0 fully saturated rings. The van der Waals surface area contributed by atoms with E-state index in [-0.39, 0.29) is 6.10 Å². The second-order valence-electron chi connectivity index (χ2n) is 4.07. The summed E-state index contributed by atoms with van der Waals surface area (Å²) in [4.78, 5) is 5.61. The third-order valence-electron chi connectivity index (χ3n) is 2.12. The molecule has 15 heavy (non-hydrogen) atoms. The van der Waals surface area contributed by atoms with Crippen LogP contribution in [0.5, 0.6) is 0 Å². The van der Waals surface area contributed by atoms with E-state index in [4.69, 9.17) is 4.74 Å². The Hall–Kier alpha value is -0.450. The van der Waals surface area contributed by atoms with E-state index in [9.17, 15) is 0 Å². The highest BCUT2D eigenvalue weighted by Crippen LogP contribution is 2.21. The molecule has 0 aliphatic rings. The Kier molecular flexibility index (Phi) is 5.22. The summed E-state index contributed by atoms with van der Waals surface area (Å²) in [6.07, 6.45) is 2.04. The number of methoxy groups -OCH3 is 1. The van der Waals surface area contributed by atoms with Crippen LogP contribution in [0.1, 0.15) is 36.8 Å². The van der Waals surface area contributed by atoms with Crippen molar-refractivity contribution in [2.24, 2.45) is 5.92 Å². The molecule has 0 aliphatic carbocycles. The third kappa shape index (κ3) is 4.28. The van der Waals surface area contributed by atoms with Gasteiger partial charge in [0.2, 0.25) is 0 Å². The molecule has 0 saturated heterocycles. The molecule has 1 aromatic rings. The second kappa shape index (κ2) is 6.20. The van der Waals surface area contributed by atoms with Crippen molar-refractivity contribution in [2.75, 3.05) is 13.7 Å². The van der Waals surface area contributed by atoms with Gasteiger partial charge in [-0.3, -0.25) is 0 Å². The predicted molar refractivity (Wildman–Crippen MR) is 64.1 cm³/mol. The van der Waals surface area contributed by atoms with Crippen LogP contribution in [0.15, 0.2) is 6.20 Å². The molecule has 1 rings (SSSR count). The van der Waals surface area contributed by atoms with E-state index < -0.39 is 0 Å². The van der Waals surface area contributed by atoms with E-state index in [1.54, 1.807) is 18.4 Å². The summed E-state index contributed by atoms with van der Waals surface area (Å²) < 4.78 is 5.22. The fourth-order valence-corrected chi connectivity index (χ4v) is 2.09. The van der Waals surface area contributed by atoms with Crippen molar-refractivity contribution in [3.63, 3.8) is 0 Å². The average Bonchev–Trinajstić information content (AvgIpc) is 2.65. The van der Waals surface area contributed by atoms with Gasteiger partial charge < -0.3 is 10.1 Å². The molecule has 4 heteroatoms. The highest BCUT2D eigenvalue weighted by atomic mass is 32.1. The van der Waals surface area contributed by atoms with E-state index in [2.05, 4.69) is 24.1 Å². The van der Waals surface area contributed by atoms with Gasteiger partial charge in [-0.2, -0.15) is 0 Å². The lowest BCUT2D eigenvalue weighted by atomic mass is 10.2. The lowest BCUT2D eigenvalue weighted by Gasteiger charge is -2.05. The molecule has 0 saturated carbocycles. The van der Waals surface area contributed by atoms with Gasteiger partial charge in [-0.05, 0) is 19.4 Å². The Balaban J connectivity index is 2.39. The fraction of sp³-hybridized carbons (Fsp3) is 0.727. The van der Waals surface area contributed by atoms with Crippen molar-refractivity contribution in [1.29, 1.82) is 0 Å². The number of thiazole rings is 1. The molecule has 1 atom stereocenters. The molecule has 1 N–H and O–H groups in total. The quantitative estimate of drug-likeness (QED) is 0.812. The number of aromatic nitrogens is 1. The van der Waals surface area contributed by atoms with Gasteiger partial charge in [-0.1, -0.05) is 13.8 Å². The topological polar surface area (TPSA) is 34.1 Å². The van der Waals surface area contributed by atoms with Crippen LogP contribution < -0.4 is 5.32 Å². The molecular formula is C11H20N2OS. The first-order valence-corrected chi connectivity index (χ1v) is 6.13. The van der Waals surface area contributed by atoms with Gasteiger partial charge in [0.25, 0.3) is 0 Å². The number of hydrogen-bond donors (Lipinski definition) is 1. The van der Waals surface area contributed by atoms with Crippen molar-refractivity contribution >= 4 is 11.3 Å². The first-order valence-electron chi connectivity index (χ1n) is 5.31. The Labute approximate surface area is 95.9 Å². The monoisotopic (exact) mass is 228 g/mol. The summed E-state index contributed by atoms with van der Waals surface area (Å²) in [5.41, 5.74) is 0.